The Morgan fingerprint density at radius 2 is 2.00 bits per heavy atom. The molecule has 1 heterocycles. The maximum absolute atomic E-state index is 11.2. The quantitative estimate of drug-likeness (QED) is 0.642. The molecule has 2 aromatic rings. The smallest absolute Gasteiger partial charge is 0.363 e. The van der Waals surface area contributed by atoms with Gasteiger partial charge in [-0.3, -0.25) is 0 Å². The van der Waals surface area contributed by atoms with Crippen LogP contribution in [0.2, 0.25) is 0 Å². The zero-order chi connectivity index (χ0) is 11.2. The first kappa shape index (κ1) is 9.58. The van der Waals surface area contributed by atoms with Gasteiger partial charge < -0.3 is 15.3 Å². The fourth-order valence-corrected chi connectivity index (χ4v) is 1.70. The van der Waals surface area contributed by atoms with E-state index in [9.17, 15) is 9.90 Å². The summed E-state index contributed by atoms with van der Waals surface area (Å²) < 4.78 is 4.99. The van der Waals surface area contributed by atoms with Gasteiger partial charge in [0.2, 0.25) is 0 Å². The fourth-order valence-electron chi connectivity index (χ4n) is 1.70. The van der Waals surface area contributed by atoms with Crippen LogP contribution in [-0.2, 0) is 0 Å². The summed E-state index contributed by atoms with van der Waals surface area (Å²) in [5.41, 5.74) is 6.62. The lowest BCUT2D eigenvalue weighted by molar-refractivity contribution is 0.472. The van der Waals surface area contributed by atoms with E-state index in [1.54, 1.807) is 6.07 Å². The van der Waals surface area contributed by atoms with Crippen LogP contribution < -0.4 is 11.4 Å². The summed E-state index contributed by atoms with van der Waals surface area (Å²) in [7, 11) is 0. The second-order valence-corrected chi connectivity index (χ2v) is 3.61. The van der Waals surface area contributed by atoms with Crippen LogP contribution in [0.15, 0.2) is 21.3 Å². The monoisotopic (exact) mass is 205 g/mol. The third kappa shape index (κ3) is 1.34. The van der Waals surface area contributed by atoms with E-state index in [1.165, 1.54) is 0 Å². The van der Waals surface area contributed by atoms with Gasteiger partial charge >= 0.3 is 5.63 Å². The topological polar surface area (TPSA) is 76.5 Å². The molecule has 0 saturated heterocycles. The van der Waals surface area contributed by atoms with Gasteiger partial charge in [-0.1, -0.05) is 6.07 Å². The van der Waals surface area contributed by atoms with E-state index < -0.39 is 5.63 Å². The molecular weight excluding hydrogens is 194 g/mol. The number of hydrogen-bond acceptors (Lipinski definition) is 4. The van der Waals surface area contributed by atoms with Crippen LogP contribution >= 0.6 is 0 Å². The molecule has 0 atom stereocenters. The van der Waals surface area contributed by atoms with Crippen LogP contribution in [0.25, 0.3) is 11.0 Å². The third-order valence-electron chi connectivity index (χ3n) is 2.36. The molecule has 0 aliphatic rings. The first-order valence-corrected chi connectivity index (χ1v) is 4.53. The molecule has 0 amide bonds. The maximum Gasteiger partial charge on any atom is 0.363 e. The normalized spacial score (nSPS) is 10.8. The maximum atomic E-state index is 11.2. The molecule has 2 rings (SSSR count). The Hall–Kier alpha value is -1.97. The molecular formula is C11H11NO3. The van der Waals surface area contributed by atoms with Crippen LogP contribution in [0.1, 0.15) is 11.1 Å². The zero-order valence-electron chi connectivity index (χ0n) is 8.50. The van der Waals surface area contributed by atoms with Gasteiger partial charge in [-0.25, -0.2) is 4.79 Å². The highest BCUT2D eigenvalue weighted by molar-refractivity contribution is 5.90. The summed E-state index contributed by atoms with van der Waals surface area (Å²) >= 11 is 0. The van der Waals surface area contributed by atoms with Gasteiger partial charge in [0.25, 0.3) is 0 Å². The van der Waals surface area contributed by atoms with Crippen molar-refractivity contribution in [1.82, 2.24) is 0 Å². The predicted octanol–water partition coefficient (Wildman–Crippen LogP) is 1.70. The molecule has 0 fully saturated rings. The minimum absolute atomic E-state index is 0.196. The Kier molecular flexibility index (Phi) is 1.93. The second-order valence-electron chi connectivity index (χ2n) is 3.61. The summed E-state index contributed by atoms with van der Waals surface area (Å²) in [5.74, 6) is -0.196. The van der Waals surface area contributed by atoms with E-state index in [1.807, 2.05) is 19.9 Å². The van der Waals surface area contributed by atoms with Crippen LogP contribution in [0.4, 0.5) is 5.69 Å². The van der Waals surface area contributed by atoms with Crippen molar-refractivity contribution in [1.29, 1.82) is 0 Å². The minimum Gasteiger partial charge on any atom is -0.505 e. The molecule has 0 saturated carbocycles. The molecule has 15 heavy (non-hydrogen) atoms. The van der Waals surface area contributed by atoms with Crippen molar-refractivity contribution in [2.45, 2.75) is 13.8 Å². The lowest BCUT2D eigenvalue weighted by Gasteiger charge is -2.06. The van der Waals surface area contributed by atoms with Crippen molar-refractivity contribution in [3.63, 3.8) is 0 Å². The third-order valence-corrected chi connectivity index (χ3v) is 2.36. The molecule has 0 aliphatic carbocycles. The van der Waals surface area contributed by atoms with Gasteiger partial charge in [0.1, 0.15) is 5.58 Å². The van der Waals surface area contributed by atoms with Gasteiger partial charge in [-0.15, -0.1) is 0 Å². The molecule has 4 heteroatoms. The van der Waals surface area contributed by atoms with Crippen LogP contribution in [-0.4, -0.2) is 5.11 Å². The average Bonchev–Trinajstić information content (AvgIpc) is 2.13. The van der Waals surface area contributed by atoms with E-state index in [0.717, 1.165) is 11.1 Å². The number of anilines is 1. The van der Waals surface area contributed by atoms with E-state index in [0.29, 0.717) is 11.0 Å². The van der Waals surface area contributed by atoms with E-state index >= 15 is 0 Å². The molecule has 78 valence electrons. The SMILES string of the molecule is Cc1cc(C)c2c(O)c(N)c(=O)oc2c1. The molecule has 0 radical (unpaired) electrons. The average molecular weight is 205 g/mol. The molecule has 1 aromatic heterocycles. The van der Waals surface area contributed by atoms with Crippen LogP contribution in [0, 0.1) is 13.8 Å². The summed E-state index contributed by atoms with van der Waals surface area (Å²) in [6.45, 7) is 3.72. The Balaban J connectivity index is 3.05. The van der Waals surface area contributed by atoms with Crippen molar-refractivity contribution in [2.24, 2.45) is 0 Å². The van der Waals surface area contributed by atoms with E-state index in [-0.39, 0.29) is 11.4 Å². The first-order chi connectivity index (χ1) is 7.00. The molecule has 0 spiro atoms. The number of rotatable bonds is 0. The highest BCUT2D eigenvalue weighted by Gasteiger charge is 2.12. The van der Waals surface area contributed by atoms with Crippen molar-refractivity contribution in [3.8, 4) is 5.75 Å². The van der Waals surface area contributed by atoms with Crippen molar-refractivity contribution >= 4 is 16.7 Å². The van der Waals surface area contributed by atoms with Crippen molar-refractivity contribution in [2.75, 3.05) is 5.73 Å². The number of aromatic hydroxyl groups is 1. The highest BCUT2D eigenvalue weighted by Crippen LogP contribution is 2.31. The highest BCUT2D eigenvalue weighted by atomic mass is 16.4. The zero-order valence-corrected chi connectivity index (χ0v) is 8.50. The summed E-state index contributed by atoms with van der Waals surface area (Å²) in [6.07, 6.45) is 0. The van der Waals surface area contributed by atoms with Crippen LogP contribution in [0.5, 0.6) is 5.75 Å². The number of fused-ring (bicyclic) bond motifs is 1. The van der Waals surface area contributed by atoms with Gasteiger partial charge in [0.05, 0.1) is 5.39 Å². The molecule has 0 aliphatic heterocycles. The summed E-state index contributed by atoms with van der Waals surface area (Å²) in [5, 5.41) is 10.2. The van der Waals surface area contributed by atoms with Gasteiger partial charge in [-0.2, -0.15) is 0 Å². The van der Waals surface area contributed by atoms with Crippen molar-refractivity contribution < 1.29 is 9.52 Å². The van der Waals surface area contributed by atoms with E-state index in [4.69, 9.17) is 10.2 Å². The van der Waals surface area contributed by atoms with E-state index in [2.05, 4.69) is 0 Å². The Morgan fingerprint density at radius 1 is 1.33 bits per heavy atom. The number of nitrogens with two attached hydrogens (primary N) is 1. The number of benzene rings is 1. The van der Waals surface area contributed by atoms with Crippen molar-refractivity contribution in [3.05, 3.63) is 33.7 Å². The van der Waals surface area contributed by atoms with Gasteiger partial charge in [0, 0.05) is 0 Å². The second kappa shape index (κ2) is 3.02. The first-order valence-electron chi connectivity index (χ1n) is 4.53. The summed E-state index contributed by atoms with van der Waals surface area (Å²) in [6, 6.07) is 3.59. The minimum atomic E-state index is -0.704. The molecule has 3 N–H and O–H groups in total. The molecule has 1 aromatic carbocycles. The molecule has 0 unspecified atom stereocenters. The Bertz CT molecular complexity index is 599. The Labute approximate surface area is 85.9 Å². The lowest BCUT2D eigenvalue weighted by Crippen LogP contribution is -2.07. The summed E-state index contributed by atoms with van der Waals surface area (Å²) in [4.78, 5) is 11.2. The molecule has 4 nitrogen and oxygen atoms in total. The number of aryl methyl sites for hydroxylation is 2. The fraction of sp³-hybridized carbons (Fsp3) is 0.182. The Morgan fingerprint density at radius 3 is 2.67 bits per heavy atom. The van der Waals surface area contributed by atoms with Gasteiger partial charge in [0.15, 0.2) is 11.4 Å². The number of nitrogen functional groups attached to an aromatic ring is 1. The molecule has 0 bridgehead atoms. The lowest BCUT2D eigenvalue weighted by atomic mass is 10.1. The van der Waals surface area contributed by atoms with Gasteiger partial charge in [-0.05, 0) is 31.0 Å². The number of hydrogen-bond donors (Lipinski definition) is 2. The largest absolute Gasteiger partial charge is 0.505 e. The standard InChI is InChI=1S/C11H11NO3/c1-5-3-6(2)8-7(4-5)15-11(14)9(12)10(8)13/h3-4,13H,12H2,1-2H3. The predicted molar refractivity (Wildman–Crippen MR) is 58.0 cm³/mol. The van der Waals surface area contributed by atoms with Crippen LogP contribution in [0.3, 0.4) is 0 Å².